The number of carbonyl (C=O) groups is 1. The normalized spacial score (nSPS) is 16.1. The molecule has 0 aliphatic carbocycles. The van der Waals surface area contributed by atoms with E-state index in [2.05, 4.69) is 31.1 Å². The van der Waals surface area contributed by atoms with Gasteiger partial charge < -0.3 is 4.90 Å². The first kappa shape index (κ1) is 18.1. The Morgan fingerprint density at radius 2 is 1.89 bits per heavy atom. The van der Waals surface area contributed by atoms with Crippen LogP contribution in [0.1, 0.15) is 10.5 Å². The molecule has 1 fully saturated rings. The van der Waals surface area contributed by atoms with Crippen LogP contribution >= 0.6 is 15.9 Å². The SMILES string of the molecule is Cn1cc(S(=O)(=O)N2CCN(C(=O)c3cc4ncc(Br)cn4n3)CC2)cn1. The molecule has 10 nitrogen and oxygen atoms in total. The number of nitrogens with zero attached hydrogens (tertiary/aromatic N) is 7. The molecular formula is C15H16BrN7O3S. The number of amides is 1. The maximum absolute atomic E-state index is 12.7. The molecule has 0 bridgehead atoms. The molecule has 142 valence electrons. The highest BCUT2D eigenvalue weighted by Gasteiger charge is 2.31. The minimum absolute atomic E-state index is 0.154. The van der Waals surface area contributed by atoms with Crippen molar-refractivity contribution in [2.75, 3.05) is 26.2 Å². The van der Waals surface area contributed by atoms with Gasteiger partial charge in [-0.05, 0) is 15.9 Å². The van der Waals surface area contributed by atoms with Crippen LogP contribution in [0.5, 0.6) is 0 Å². The lowest BCUT2D eigenvalue weighted by atomic mass is 10.3. The first-order valence-corrected chi connectivity index (χ1v) is 10.4. The van der Waals surface area contributed by atoms with Crippen molar-refractivity contribution in [3.8, 4) is 0 Å². The van der Waals surface area contributed by atoms with Crippen LogP contribution in [0.2, 0.25) is 0 Å². The standard InChI is InChI=1S/C15H16BrN7O3S/c1-20-10-12(8-18-20)27(25,26)22-4-2-21(3-5-22)15(24)13-6-14-17-7-11(16)9-23(14)19-13/h6-10H,2-5H2,1H3. The Bertz CT molecular complexity index is 1120. The van der Waals surface area contributed by atoms with E-state index in [9.17, 15) is 13.2 Å². The van der Waals surface area contributed by atoms with Crippen LogP contribution in [0.15, 0.2) is 40.2 Å². The number of piperazine rings is 1. The average Bonchev–Trinajstić information content (AvgIpc) is 3.27. The highest BCUT2D eigenvalue weighted by molar-refractivity contribution is 9.10. The number of sulfonamides is 1. The molecule has 0 saturated carbocycles. The number of hydrogen-bond acceptors (Lipinski definition) is 6. The summed E-state index contributed by atoms with van der Waals surface area (Å²) in [4.78, 5) is 18.7. The first-order valence-electron chi connectivity index (χ1n) is 8.13. The molecule has 27 heavy (non-hydrogen) atoms. The van der Waals surface area contributed by atoms with Gasteiger partial charge in [0.05, 0.1) is 10.7 Å². The van der Waals surface area contributed by atoms with Gasteiger partial charge in [-0.3, -0.25) is 9.48 Å². The number of carbonyl (C=O) groups excluding carboxylic acids is 1. The van der Waals surface area contributed by atoms with E-state index in [4.69, 9.17) is 0 Å². The molecule has 1 amide bonds. The third-order valence-electron chi connectivity index (χ3n) is 4.35. The van der Waals surface area contributed by atoms with Crippen molar-refractivity contribution >= 4 is 37.5 Å². The zero-order valence-corrected chi connectivity index (χ0v) is 16.8. The van der Waals surface area contributed by atoms with Crippen molar-refractivity contribution in [2.45, 2.75) is 4.90 Å². The summed E-state index contributed by atoms with van der Waals surface area (Å²) in [6.45, 7) is 1.03. The lowest BCUT2D eigenvalue weighted by Crippen LogP contribution is -2.50. The van der Waals surface area contributed by atoms with E-state index in [1.165, 1.54) is 25.9 Å². The van der Waals surface area contributed by atoms with Crippen LogP contribution in [0.3, 0.4) is 0 Å². The number of hydrogen-bond donors (Lipinski definition) is 0. The van der Waals surface area contributed by atoms with E-state index < -0.39 is 10.0 Å². The fraction of sp³-hybridized carbons (Fsp3) is 0.333. The maximum Gasteiger partial charge on any atom is 0.274 e. The predicted octanol–water partition coefficient (Wildman–Crippen LogP) is 0.372. The topological polar surface area (TPSA) is 106 Å². The van der Waals surface area contributed by atoms with E-state index in [0.29, 0.717) is 18.7 Å². The molecule has 0 unspecified atom stereocenters. The van der Waals surface area contributed by atoms with Crippen molar-refractivity contribution in [1.82, 2.24) is 33.6 Å². The van der Waals surface area contributed by atoms with Crippen LogP contribution in [0, 0.1) is 0 Å². The summed E-state index contributed by atoms with van der Waals surface area (Å²) in [5.74, 6) is -0.241. The maximum atomic E-state index is 12.7. The Hall–Kier alpha value is -2.31. The van der Waals surface area contributed by atoms with Gasteiger partial charge in [0.25, 0.3) is 5.91 Å². The van der Waals surface area contributed by atoms with Gasteiger partial charge in [-0.1, -0.05) is 0 Å². The third-order valence-corrected chi connectivity index (χ3v) is 6.61. The molecule has 4 heterocycles. The molecule has 0 aromatic carbocycles. The van der Waals surface area contributed by atoms with Crippen LogP contribution in [0.4, 0.5) is 0 Å². The second-order valence-corrected chi connectivity index (χ2v) is 9.00. The molecular weight excluding hydrogens is 438 g/mol. The van der Waals surface area contributed by atoms with Crippen molar-refractivity contribution in [3.05, 3.63) is 41.0 Å². The Morgan fingerprint density at radius 1 is 1.15 bits per heavy atom. The van der Waals surface area contributed by atoms with E-state index in [1.54, 1.807) is 30.4 Å². The summed E-state index contributed by atoms with van der Waals surface area (Å²) < 4.78 is 30.4. The molecule has 12 heteroatoms. The van der Waals surface area contributed by atoms with Crippen LogP contribution in [-0.2, 0) is 17.1 Å². The monoisotopic (exact) mass is 453 g/mol. The van der Waals surface area contributed by atoms with Gasteiger partial charge in [0, 0.05) is 57.9 Å². The van der Waals surface area contributed by atoms with Crippen molar-refractivity contribution in [2.24, 2.45) is 7.05 Å². The molecule has 0 radical (unpaired) electrons. The van der Waals surface area contributed by atoms with E-state index in [1.807, 2.05) is 0 Å². The molecule has 1 aliphatic rings. The number of rotatable bonds is 3. The zero-order valence-electron chi connectivity index (χ0n) is 14.4. The Morgan fingerprint density at radius 3 is 2.56 bits per heavy atom. The number of halogens is 1. The van der Waals surface area contributed by atoms with E-state index in [-0.39, 0.29) is 29.6 Å². The minimum atomic E-state index is -3.60. The fourth-order valence-corrected chi connectivity index (χ4v) is 4.64. The summed E-state index contributed by atoms with van der Waals surface area (Å²) in [6.07, 6.45) is 6.15. The molecule has 0 atom stereocenters. The van der Waals surface area contributed by atoms with E-state index in [0.717, 1.165) is 4.47 Å². The number of aromatic nitrogens is 5. The molecule has 3 aromatic heterocycles. The van der Waals surface area contributed by atoms with Gasteiger partial charge in [0.2, 0.25) is 10.0 Å². The third kappa shape index (κ3) is 3.35. The highest BCUT2D eigenvalue weighted by atomic mass is 79.9. The van der Waals surface area contributed by atoms with E-state index >= 15 is 0 Å². The number of fused-ring (bicyclic) bond motifs is 1. The predicted molar refractivity (Wildman–Crippen MR) is 98.6 cm³/mol. The van der Waals surface area contributed by atoms with Gasteiger partial charge in [0.1, 0.15) is 4.90 Å². The largest absolute Gasteiger partial charge is 0.335 e. The smallest absolute Gasteiger partial charge is 0.274 e. The van der Waals surface area contributed by atoms with Crippen LogP contribution < -0.4 is 0 Å². The molecule has 0 spiro atoms. The average molecular weight is 454 g/mol. The van der Waals surface area contributed by atoms with Gasteiger partial charge in [0.15, 0.2) is 11.3 Å². The highest BCUT2D eigenvalue weighted by Crippen LogP contribution is 2.18. The Balaban J connectivity index is 1.47. The van der Waals surface area contributed by atoms with Gasteiger partial charge in [-0.25, -0.2) is 17.9 Å². The van der Waals surface area contributed by atoms with Crippen molar-refractivity contribution < 1.29 is 13.2 Å². The second-order valence-electron chi connectivity index (χ2n) is 6.15. The summed E-state index contributed by atoms with van der Waals surface area (Å²) in [7, 11) is -1.94. The van der Waals surface area contributed by atoms with Gasteiger partial charge >= 0.3 is 0 Å². The summed E-state index contributed by atoms with van der Waals surface area (Å²) in [6, 6.07) is 1.62. The van der Waals surface area contributed by atoms with Crippen LogP contribution in [-0.4, -0.2) is 74.1 Å². The summed E-state index contributed by atoms with van der Waals surface area (Å²) in [5, 5.41) is 8.17. The number of aryl methyl sites for hydroxylation is 1. The van der Waals surface area contributed by atoms with Gasteiger partial charge in [-0.15, -0.1) is 0 Å². The lowest BCUT2D eigenvalue weighted by molar-refractivity contribution is 0.0691. The molecule has 3 aromatic rings. The quantitative estimate of drug-likeness (QED) is 0.567. The summed E-state index contributed by atoms with van der Waals surface area (Å²) in [5.41, 5.74) is 0.850. The lowest BCUT2D eigenvalue weighted by Gasteiger charge is -2.33. The zero-order chi connectivity index (χ0) is 19.2. The molecule has 4 rings (SSSR count). The molecule has 1 saturated heterocycles. The van der Waals surface area contributed by atoms with Crippen molar-refractivity contribution in [3.63, 3.8) is 0 Å². The fourth-order valence-electron chi connectivity index (χ4n) is 2.93. The molecule has 1 aliphatic heterocycles. The first-order chi connectivity index (χ1) is 12.8. The van der Waals surface area contributed by atoms with Crippen LogP contribution in [0.25, 0.3) is 5.65 Å². The second kappa shape index (κ2) is 6.69. The summed E-state index contributed by atoms with van der Waals surface area (Å²) >= 11 is 3.31. The van der Waals surface area contributed by atoms with Crippen molar-refractivity contribution in [1.29, 1.82) is 0 Å². The Labute approximate surface area is 163 Å². The Kier molecular flexibility index (Phi) is 4.48. The van der Waals surface area contributed by atoms with Gasteiger partial charge in [-0.2, -0.15) is 14.5 Å². The minimum Gasteiger partial charge on any atom is -0.335 e. The molecule has 0 N–H and O–H groups in total.